The molecule has 1 aromatic rings. The lowest BCUT2D eigenvalue weighted by atomic mass is 10.4. The fourth-order valence-corrected chi connectivity index (χ4v) is 0.966. The molecule has 72 valence electrons. The molecule has 2 rings (SSSR count). The lowest BCUT2D eigenvalue weighted by Gasteiger charge is -1.97. The van der Waals surface area contributed by atoms with Crippen LogP contribution in [-0.4, -0.2) is 23.2 Å². The van der Waals surface area contributed by atoms with Gasteiger partial charge in [-0.15, -0.1) is 5.10 Å². The Balaban J connectivity index is 1.89. The Morgan fingerprint density at radius 1 is 1.46 bits per heavy atom. The van der Waals surface area contributed by atoms with Crippen LogP contribution in [0.2, 0.25) is 0 Å². The molecule has 1 aromatic heterocycles. The number of nitrogens with zero attached hydrogens (tertiary/aromatic N) is 2. The van der Waals surface area contributed by atoms with E-state index in [9.17, 15) is 8.78 Å². The molecule has 1 fully saturated rings. The van der Waals surface area contributed by atoms with E-state index in [-0.39, 0.29) is 6.01 Å². The van der Waals surface area contributed by atoms with E-state index in [2.05, 4.69) is 15.5 Å². The highest BCUT2D eigenvalue weighted by Gasteiger charge is 2.29. The molecule has 0 aliphatic heterocycles. The number of hydrogen-bond donors (Lipinski definition) is 1. The van der Waals surface area contributed by atoms with Gasteiger partial charge >= 0.3 is 6.01 Å². The summed E-state index contributed by atoms with van der Waals surface area (Å²) >= 11 is 0. The third-order valence-corrected chi connectivity index (χ3v) is 1.77. The molecular formula is C7H9F2N3O. The monoisotopic (exact) mass is 189 g/mol. The molecule has 1 heterocycles. The van der Waals surface area contributed by atoms with Crippen molar-refractivity contribution in [2.75, 3.05) is 11.9 Å². The number of aromatic nitrogens is 2. The zero-order chi connectivity index (χ0) is 9.26. The van der Waals surface area contributed by atoms with Crippen LogP contribution in [0.4, 0.5) is 14.8 Å². The highest BCUT2D eigenvalue weighted by molar-refractivity contribution is 5.18. The van der Waals surface area contributed by atoms with Crippen molar-refractivity contribution in [2.45, 2.75) is 25.2 Å². The van der Waals surface area contributed by atoms with Gasteiger partial charge in [0.25, 0.3) is 6.43 Å². The number of alkyl halides is 2. The maximum atomic E-state index is 11.7. The number of halogens is 2. The van der Waals surface area contributed by atoms with Crippen molar-refractivity contribution in [3.8, 4) is 0 Å². The van der Waals surface area contributed by atoms with Gasteiger partial charge in [-0.3, -0.25) is 0 Å². The molecule has 6 heteroatoms. The van der Waals surface area contributed by atoms with Gasteiger partial charge in [0.15, 0.2) is 0 Å². The number of nitrogens with one attached hydrogen (secondary N) is 1. The standard InChI is InChI=1S/C7H9F2N3O/c8-5(9)3-10-7-12-11-6(13-7)4-1-2-4/h4-5H,1-3H2,(H,10,12). The van der Waals surface area contributed by atoms with E-state index in [1.807, 2.05) is 0 Å². The van der Waals surface area contributed by atoms with E-state index < -0.39 is 13.0 Å². The molecule has 4 nitrogen and oxygen atoms in total. The van der Waals surface area contributed by atoms with Crippen LogP contribution in [-0.2, 0) is 0 Å². The largest absolute Gasteiger partial charge is 0.408 e. The first kappa shape index (κ1) is 8.40. The number of rotatable bonds is 4. The quantitative estimate of drug-likeness (QED) is 0.781. The van der Waals surface area contributed by atoms with Crippen LogP contribution in [0.15, 0.2) is 4.42 Å². The zero-order valence-corrected chi connectivity index (χ0v) is 6.83. The highest BCUT2D eigenvalue weighted by atomic mass is 19.3. The Kier molecular flexibility index (Phi) is 2.12. The van der Waals surface area contributed by atoms with Gasteiger partial charge < -0.3 is 9.73 Å². The summed E-state index contributed by atoms with van der Waals surface area (Å²) in [5.41, 5.74) is 0. The first-order chi connectivity index (χ1) is 6.25. The second kappa shape index (κ2) is 3.27. The van der Waals surface area contributed by atoms with E-state index in [0.717, 1.165) is 12.8 Å². The lowest BCUT2D eigenvalue weighted by molar-refractivity contribution is 0.162. The Hall–Kier alpha value is -1.20. The van der Waals surface area contributed by atoms with E-state index in [4.69, 9.17) is 4.42 Å². The molecule has 0 spiro atoms. The van der Waals surface area contributed by atoms with Crippen molar-refractivity contribution in [3.63, 3.8) is 0 Å². The summed E-state index contributed by atoms with van der Waals surface area (Å²) in [4.78, 5) is 0. The molecule has 0 atom stereocenters. The molecular weight excluding hydrogens is 180 g/mol. The van der Waals surface area contributed by atoms with Crippen molar-refractivity contribution >= 4 is 6.01 Å². The molecule has 0 saturated heterocycles. The van der Waals surface area contributed by atoms with Crippen LogP contribution in [0.3, 0.4) is 0 Å². The molecule has 1 N–H and O–H groups in total. The Morgan fingerprint density at radius 3 is 2.85 bits per heavy atom. The van der Waals surface area contributed by atoms with E-state index >= 15 is 0 Å². The summed E-state index contributed by atoms with van der Waals surface area (Å²) < 4.78 is 28.6. The summed E-state index contributed by atoms with van der Waals surface area (Å²) in [5, 5.41) is 9.68. The molecule has 0 bridgehead atoms. The second-order valence-electron chi connectivity index (χ2n) is 2.99. The molecule has 0 radical (unpaired) electrons. The predicted molar refractivity (Wildman–Crippen MR) is 40.8 cm³/mol. The maximum Gasteiger partial charge on any atom is 0.315 e. The Morgan fingerprint density at radius 2 is 2.23 bits per heavy atom. The van der Waals surface area contributed by atoms with Crippen LogP contribution in [0, 0.1) is 0 Å². The highest BCUT2D eigenvalue weighted by Crippen LogP contribution is 2.39. The topological polar surface area (TPSA) is 51.0 Å². The SMILES string of the molecule is FC(F)CNc1nnc(C2CC2)o1. The van der Waals surface area contributed by atoms with Gasteiger partial charge in [0.1, 0.15) is 0 Å². The Labute approximate surface area is 73.3 Å². The minimum atomic E-state index is -2.41. The summed E-state index contributed by atoms with van der Waals surface area (Å²) in [6.45, 7) is -0.452. The average Bonchev–Trinajstić information content (AvgIpc) is 2.83. The van der Waals surface area contributed by atoms with Crippen LogP contribution >= 0.6 is 0 Å². The summed E-state index contributed by atoms with van der Waals surface area (Å²) in [5.74, 6) is 0.909. The molecule has 1 aliphatic rings. The van der Waals surface area contributed by atoms with Crippen molar-refractivity contribution in [2.24, 2.45) is 0 Å². The van der Waals surface area contributed by atoms with Crippen LogP contribution in [0.1, 0.15) is 24.7 Å². The van der Waals surface area contributed by atoms with Gasteiger partial charge in [-0.25, -0.2) is 8.78 Å². The van der Waals surface area contributed by atoms with E-state index in [1.165, 1.54) is 0 Å². The third kappa shape index (κ3) is 2.13. The summed E-state index contributed by atoms with van der Waals surface area (Å²) in [6, 6.07) is 0.0854. The van der Waals surface area contributed by atoms with Crippen molar-refractivity contribution < 1.29 is 13.2 Å². The smallest absolute Gasteiger partial charge is 0.315 e. The molecule has 1 saturated carbocycles. The van der Waals surface area contributed by atoms with Crippen LogP contribution in [0.25, 0.3) is 0 Å². The van der Waals surface area contributed by atoms with Gasteiger partial charge in [-0.2, -0.15) is 0 Å². The minimum absolute atomic E-state index is 0.0854. The van der Waals surface area contributed by atoms with E-state index in [0.29, 0.717) is 11.8 Å². The fourth-order valence-electron chi connectivity index (χ4n) is 0.966. The minimum Gasteiger partial charge on any atom is -0.408 e. The summed E-state index contributed by atoms with van der Waals surface area (Å²) in [7, 11) is 0. The van der Waals surface area contributed by atoms with Gasteiger partial charge in [-0.1, -0.05) is 5.10 Å². The van der Waals surface area contributed by atoms with Gasteiger partial charge in [-0.05, 0) is 12.8 Å². The lowest BCUT2D eigenvalue weighted by Crippen LogP contribution is -2.10. The molecule has 1 aliphatic carbocycles. The molecule has 0 aromatic carbocycles. The van der Waals surface area contributed by atoms with Crippen molar-refractivity contribution in [3.05, 3.63) is 5.89 Å². The normalized spacial score (nSPS) is 16.5. The second-order valence-corrected chi connectivity index (χ2v) is 2.99. The van der Waals surface area contributed by atoms with E-state index in [1.54, 1.807) is 0 Å². The number of anilines is 1. The molecule has 0 unspecified atom stereocenters. The third-order valence-electron chi connectivity index (χ3n) is 1.77. The van der Waals surface area contributed by atoms with Gasteiger partial charge in [0, 0.05) is 5.92 Å². The fraction of sp³-hybridized carbons (Fsp3) is 0.714. The molecule has 0 amide bonds. The van der Waals surface area contributed by atoms with Gasteiger partial charge in [0.2, 0.25) is 5.89 Å². The Bertz CT molecular complexity index is 285. The number of hydrogen-bond acceptors (Lipinski definition) is 4. The maximum absolute atomic E-state index is 11.7. The van der Waals surface area contributed by atoms with Crippen molar-refractivity contribution in [1.29, 1.82) is 0 Å². The summed E-state index contributed by atoms with van der Waals surface area (Å²) in [6.07, 6.45) is -0.302. The predicted octanol–water partition coefficient (Wildman–Crippen LogP) is 1.62. The first-order valence-corrected chi connectivity index (χ1v) is 4.11. The average molecular weight is 189 g/mol. The van der Waals surface area contributed by atoms with Crippen molar-refractivity contribution in [1.82, 2.24) is 10.2 Å². The zero-order valence-electron chi connectivity index (χ0n) is 6.83. The first-order valence-electron chi connectivity index (χ1n) is 4.11. The molecule has 13 heavy (non-hydrogen) atoms. The van der Waals surface area contributed by atoms with Crippen LogP contribution in [0.5, 0.6) is 0 Å². The van der Waals surface area contributed by atoms with Crippen LogP contribution < -0.4 is 5.32 Å². The van der Waals surface area contributed by atoms with Gasteiger partial charge in [0.05, 0.1) is 6.54 Å².